The molecule has 0 radical (unpaired) electrons. The molecule has 0 spiro atoms. The van der Waals surface area contributed by atoms with E-state index in [9.17, 15) is 0 Å². The van der Waals surface area contributed by atoms with E-state index in [-0.39, 0.29) is 5.92 Å². The van der Waals surface area contributed by atoms with Crippen molar-refractivity contribution >= 4 is 33.3 Å². The summed E-state index contributed by atoms with van der Waals surface area (Å²) in [4.78, 5) is 0. The highest BCUT2D eigenvalue weighted by Gasteiger charge is 2.10. The van der Waals surface area contributed by atoms with Gasteiger partial charge in [-0.2, -0.15) is 0 Å². The Morgan fingerprint density at radius 1 is 0.630 bits per heavy atom. The van der Waals surface area contributed by atoms with E-state index >= 15 is 0 Å². The van der Waals surface area contributed by atoms with Crippen molar-refractivity contribution in [2.75, 3.05) is 0 Å². The van der Waals surface area contributed by atoms with Crippen LogP contribution in [0.3, 0.4) is 0 Å². The number of halogens is 2. The van der Waals surface area contributed by atoms with Crippen LogP contribution in [-0.4, -0.2) is 0 Å². The van der Waals surface area contributed by atoms with Crippen molar-refractivity contribution in [1.82, 2.24) is 0 Å². The molecule has 27 heavy (non-hydrogen) atoms. The molecule has 0 fully saturated rings. The van der Waals surface area contributed by atoms with Gasteiger partial charge in [-0.15, -0.1) is 0 Å². The summed E-state index contributed by atoms with van der Waals surface area (Å²) < 4.78 is 0. The second-order valence-corrected chi connectivity index (χ2v) is 7.51. The van der Waals surface area contributed by atoms with Crippen LogP contribution in [0.5, 0.6) is 0 Å². The second kappa shape index (κ2) is 9.08. The molecule has 0 aromatic heterocycles. The Labute approximate surface area is 171 Å². The molecule has 0 heterocycles. The smallest absolute Gasteiger partial charge is 0.0447 e. The van der Waals surface area contributed by atoms with Crippen LogP contribution < -0.4 is 0 Å². The van der Waals surface area contributed by atoms with Gasteiger partial charge >= 0.3 is 0 Å². The lowest BCUT2D eigenvalue weighted by Gasteiger charge is -2.12. The largest absolute Gasteiger partial charge is 0.0840 e. The van der Waals surface area contributed by atoms with E-state index in [1.807, 2.05) is 42.5 Å². The third-order valence-electron chi connectivity index (χ3n) is 4.49. The molecule has 0 bridgehead atoms. The molecule has 3 aromatic rings. The topological polar surface area (TPSA) is 0 Å². The predicted octanol–water partition coefficient (Wildman–Crippen LogP) is 7.95. The van der Waals surface area contributed by atoms with Gasteiger partial charge in [-0.3, -0.25) is 0 Å². The van der Waals surface area contributed by atoms with Crippen molar-refractivity contribution in [3.05, 3.63) is 119 Å². The van der Waals surface area contributed by atoms with Gasteiger partial charge in [-0.1, -0.05) is 125 Å². The number of benzene rings is 3. The Bertz CT molecular complexity index is 872. The highest BCUT2D eigenvalue weighted by Crippen LogP contribution is 2.31. The summed E-state index contributed by atoms with van der Waals surface area (Å²) in [6, 6.07) is 26.7. The zero-order valence-electron chi connectivity index (χ0n) is 15.5. The zero-order chi connectivity index (χ0) is 19.2. The van der Waals surface area contributed by atoms with Gasteiger partial charge in [0.15, 0.2) is 0 Å². The third kappa shape index (κ3) is 5.35. The molecular weight excluding hydrogens is 371 g/mol. The SMILES string of the molecule is Cc1ccc(/C(Cl)=C/C(/C=C(/Cl)c2ccc(C)cc2)c2ccccc2)cc1. The number of aryl methyl sites for hydroxylation is 2. The van der Waals surface area contributed by atoms with E-state index < -0.39 is 0 Å². The minimum atomic E-state index is -0.0196. The Morgan fingerprint density at radius 3 is 1.44 bits per heavy atom. The third-order valence-corrected chi connectivity index (χ3v) is 5.18. The first-order chi connectivity index (χ1) is 13.0. The van der Waals surface area contributed by atoms with Gasteiger partial charge in [0.2, 0.25) is 0 Å². The Hall–Kier alpha value is -2.28. The van der Waals surface area contributed by atoms with Gasteiger partial charge < -0.3 is 0 Å². The van der Waals surface area contributed by atoms with E-state index in [0.717, 1.165) is 16.7 Å². The van der Waals surface area contributed by atoms with Gasteiger partial charge in [-0.05, 0) is 30.5 Å². The standard InChI is InChI=1S/C25H22Cl2/c1-18-8-12-21(13-9-18)24(26)16-23(20-6-4-3-5-7-20)17-25(27)22-14-10-19(2)11-15-22/h3-17,23H,1-2H3/b24-16-,25-17+. The van der Waals surface area contributed by atoms with E-state index in [4.69, 9.17) is 23.2 Å². The first-order valence-corrected chi connectivity index (χ1v) is 9.72. The van der Waals surface area contributed by atoms with Gasteiger partial charge in [0.05, 0.1) is 0 Å². The summed E-state index contributed by atoms with van der Waals surface area (Å²) in [6.07, 6.45) is 4.11. The molecular formula is C25H22Cl2. The van der Waals surface area contributed by atoms with Crippen LogP contribution in [0.2, 0.25) is 0 Å². The van der Waals surface area contributed by atoms with Crippen LogP contribution in [-0.2, 0) is 0 Å². The van der Waals surface area contributed by atoms with Crippen molar-refractivity contribution in [2.24, 2.45) is 0 Å². The van der Waals surface area contributed by atoms with Crippen LogP contribution in [0.25, 0.3) is 10.1 Å². The lowest BCUT2D eigenvalue weighted by atomic mass is 9.96. The summed E-state index contributed by atoms with van der Waals surface area (Å²) in [5.74, 6) is -0.0196. The average molecular weight is 393 g/mol. The fourth-order valence-corrected chi connectivity index (χ4v) is 3.37. The van der Waals surface area contributed by atoms with E-state index in [2.05, 4.69) is 62.4 Å². The van der Waals surface area contributed by atoms with Crippen molar-refractivity contribution in [2.45, 2.75) is 19.8 Å². The van der Waals surface area contributed by atoms with Crippen molar-refractivity contribution in [1.29, 1.82) is 0 Å². The first kappa shape index (κ1) is 19.5. The van der Waals surface area contributed by atoms with Gasteiger partial charge in [0.25, 0.3) is 0 Å². The highest BCUT2D eigenvalue weighted by molar-refractivity contribution is 6.49. The predicted molar refractivity (Wildman–Crippen MR) is 119 cm³/mol. The molecule has 0 saturated heterocycles. The first-order valence-electron chi connectivity index (χ1n) is 8.96. The van der Waals surface area contributed by atoms with E-state index in [0.29, 0.717) is 10.1 Å². The molecule has 0 nitrogen and oxygen atoms in total. The number of allylic oxidation sites excluding steroid dienone is 2. The molecule has 0 aliphatic rings. The molecule has 3 rings (SSSR count). The molecule has 0 amide bonds. The number of hydrogen-bond donors (Lipinski definition) is 0. The molecule has 0 aliphatic carbocycles. The lowest BCUT2D eigenvalue weighted by Crippen LogP contribution is -1.93. The lowest BCUT2D eigenvalue weighted by molar-refractivity contribution is 1.09. The van der Waals surface area contributed by atoms with Crippen molar-refractivity contribution in [3.63, 3.8) is 0 Å². The Balaban J connectivity index is 1.98. The minimum absolute atomic E-state index is 0.0196. The monoisotopic (exact) mass is 392 g/mol. The Morgan fingerprint density at radius 2 is 1.04 bits per heavy atom. The average Bonchev–Trinajstić information content (AvgIpc) is 2.69. The second-order valence-electron chi connectivity index (χ2n) is 6.70. The summed E-state index contributed by atoms with van der Waals surface area (Å²) in [7, 11) is 0. The summed E-state index contributed by atoms with van der Waals surface area (Å²) in [5, 5.41) is 1.43. The number of hydrogen-bond acceptors (Lipinski definition) is 0. The normalized spacial score (nSPS) is 13.5. The summed E-state index contributed by atoms with van der Waals surface area (Å²) in [6.45, 7) is 4.14. The van der Waals surface area contributed by atoms with Crippen LogP contribution in [0, 0.1) is 13.8 Å². The maximum absolute atomic E-state index is 6.64. The maximum Gasteiger partial charge on any atom is 0.0447 e. The van der Waals surface area contributed by atoms with Crippen LogP contribution in [0.15, 0.2) is 91.0 Å². The zero-order valence-corrected chi connectivity index (χ0v) is 17.0. The van der Waals surface area contributed by atoms with E-state index in [1.54, 1.807) is 0 Å². The minimum Gasteiger partial charge on any atom is -0.0840 e. The molecule has 1 unspecified atom stereocenters. The van der Waals surface area contributed by atoms with Gasteiger partial charge in [-0.25, -0.2) is 0 Å². The Kier molecular flexibility index (Phi) is 6.55. The molecule has 0 saturated carbocycles. The molecule has 136 valence electrons. The molecule has 2 heteroatoms. The summed E-state index contributed by atoms with van der Waals surface area (Å²) in [5.41, 5.74) is 5.58. The fourth-order valence-electron chi connectivity index (χ4n) is 2.85. The van der Waals surface area contributed by atoms with E-state index in [1.165, 1.54) is 11.1 Å². The molecule has 3 aromatic carbocycles. The molecule has 0 N–H and O–H groups in total. The quantitative estimate of drug-likeness (QED) is 0.413. The van der Waals surface area contributed by atoms with Gasteiger partial charge in [0.1, 0.15) is 0 Å². The maximum atomic E-state index is 6.64. The van der Waals surface area contributed by atoms with Crippen LogP contribution >= 0.6 is 23.2 Å². The highest BCUT2D eigenvalue weighted by atomic mass is 35.5. The molecule has 0 aliphatic heterocycles. The van der Waals surface area contributed by atoms with Crippen molar-refractivity contribution < 1.29 is 0 Å². The molecule has 1 atom stereocenters. The van der Waals surface area contributed by atoms with Crippen molar-refractivity contribution in [3.8, 4) is 0 Å². The van der Waals surface area contributed by atoms with Crippen LogP contribution in [0.1, 0.15) is 33.7 Å². The van der Waals surface area contributed by atoms with Gasteiger partial charge in [0, 0.05) is 16.0 Å². The fraction of sp³-hybridized carbons (Fsp3) is 0.120. The summed E-state index contributed by atoms with van der Waals surface area (Å²) >= 11 is 13.3. The van der Waals surface area contributed by atoms with Crippen LogP contribution in [0.4, 0.5) is 0 Å². The number of rotatable bonds is 5.